The molecule has 0 aromatic rings. The molecule has 0 aromatic heterocycles. The van der Waals surface area contributed by atoms with E-state index in [4.69, 9.17) is 0 Å². The molecule has 1 N–H and O–H groups in total. The maximum atomic E-state index is 10.9. The van der Waals surface area contributed by atoms with E-state index in [1.807, 2.05) is 5.59 Å². The molecule has 0 aromatic carbocycles. The lowest BCUT2D eigenvalue weighted by atomic mass is 10.2. The van der Waals surface area contributed by atoms with Crippen molar-refractivity contribution in [3.8, 4) is 0 Å². The molecule has 0 atom stereocenters. The number of nitrogens with one attached hydrogen (secondary N) is 1. The van der Waals surface area contributed by atoms with Crippen molar-refractivity contribution < 1.29 is 19.2 Å². The Kier molecular flexibility index (Phi) is 1.77. The second kappa shape index (κ2) is 2.81. The van der Waals surface area contributed by atoms with Crippen LogP contribution in [-0.4, -0.2) is 22.8 Å². The Hall–Kier alpha value is -1.43. The van der Waals surface area contributed by atoms with Crippen LogP contribution in [-0.2, 0) is 19.2 Å². The number of rotatable bonds is 3. The number of hydrogen-bond acceptors (Lipinski definition) is 5. The van der Waals surface area contributed by atoms with Gasteiger partial charge in [-0.1, -0.05) is 5.59 Å². The minimum Gasteiger partial charge on any atom is -0.350 e. The first-order chi connectivity index (χ1) is 6.18. The van der Waals surface area contributed by atoms with Crippen molar-refractivity contribution >= 4 is 17.8 Å². The zero-order valence-electron chi connectivity index (χ0n) is 6.78. The summed E-state index contributed by atoms with van der Waals surface area (Å²) in [7, 11) is 0. The molecule has 0 spiro atoms. The maximum Gasteiger partial charge on any atom is 0.330 e. The summed E-state index contributed by atoms with van der Waals surface area (Å²) < 4.78 is 0. The third-order valence-electron chi connectivity index (χ3n) is 1.95. The standard InChI is InChI=1S/C7H8N2O4/c10-5-3-6(11)9(5)8-13-7(12)4-1-2-4/h4,8H,1-3H2. The molecular formula is C7H8N2O4. The molecule has 6 heteroatoms. The van der Waals surface area contributed by atoms with E-state index in [0.29, 0.717) is 5.01 Å². The van der Waals surface area contributed by atoms with E-state index in [1.54, 1.807) is 0 Å². The fourth-order valence-corrected chi connectivity index (χ4v) is 0.930. The van der Waals surface area contributed by atoms with Gasteiger partial charge in [-0.25, -0.2) is 4.79 Å². The van der Waals surface area contributed by atoms with Crippen LogP contribution in [0.5, 0.6) is 0 Å². The van der Waals surface area contributed by atoms with Crippen LogP contribution < -0.4 is 5.59 Å². The summed E-state index contributed by atoms with van der Waals surface area (Å²) in [6, 6.07) is 0. The molecule has 70 valence electrons. The van der Waals surface area contributed by atoms with Gasteiger partial charge in [-0.05, 0) is 12.8 Å². The predicted molar refractivity (Wildman–Crippen MR) is 38.4 cm³/mol. The average molecular weight is 184 g/mol. The largest absolute Gasteiger partial charge is 0.350 e. The number of hydrazine groups is 1. The molecule has 2 rings (SSSR count). The normalized spacial score (nSPS) is 21.4. The van der Waals surface area contributed by atoms with Crippen LogP contribution in [0.1, 0.15) is 19.3 Å². The number of carbonyl (C=O) groups is 3. The van der Waals surface area contributed by atoms with Crippen molar-refractivity contribution in [1.82, 2.24) is 10.6 Å². The van der Waals surface area contributed by atoms with Crippen LogP contribution in [0.25, 0.3) is 0 Å². The highest BCUT2D eigenvalue weighted by Crippen LogP contribution is 2.29. The van der Waals surface area contributed by atoms with Crippen LogP contribution >= 0.6 is 0 Å². The molecule has 1 saturated heterocycles. The topological polar surface area (TPSA) is 75.7 Å². The third kappa shape index (κ3) is 1.52. The van der Waals surface area contributed by atoms with Gasteiger partial charge in [-0.15, -0.1) is 0 Å². The van der Waals surface area contributed by atoms with E-state index >= 15 is 0 Å². The van der Waals surface area contributed by atoms with Crippen LogP contribution in [0.3, 0.4) is 0 Å². The molecule has 2 aliphatic rings. The Balaban J connectivity index is 1.75. The quantitative estimate of drug-likeness (QED) is 0.350. The highest BCUT2D eigenvalue weighted by atomic mass is 16.7. The molecule has 6 nitrogen and oxygen atoms in total. The second-order valence-electron chi connectivity index (χ2n) is 3.09. The van der Waals surface area contributed by atoms with E-state index in [2.05, 4.69) is 4.84 Å². The Morgan fingerprint density at radius 2 is 2.00 bits per heavy atom. The molecule has 1 aliphatic carbocycles. The van der Waals surface area contributed by atoms with Gasteiger partial charge in [0.15, 0.2) is 0 Å². The molecule has 1 aliphatic heterocycles. The van der Waals surface area contributed by atoms with Crippen molar-refractivity contribution in [2.75, 3.05) is 0 Å². The average Bonchev–Trinajstić information content (AvgIpc) is 2.86. The van der Waals surface area contributed by atoms with E-state index in [1.165, 1.54) is 0 Å². The van der Waals surface area contributed by atoms with Gasteiger partial charge < -0.3 is 4.84 Å². The SMILES string of the molecule is O=C(ONN1C(=O)CC1=O)C1CC1. The summed E-state index contributed by atoms with van der Waals surface area (Å²) in [5, 5.41) is 0.695. The Morgan fingerprint density at radius 1 is 1.38 bits per heavy atom. The molecule has 2 fully saturated rings. The van der Waals surface area contributed by atoms with Crippen molar-refractivity contribution in [1.29, 1.82) is 0 Å². The minimum atomic E-state index is -0.410. The second-order valence-corrected chi connectivity index (χ2v) is 3.09. The van der Waals surface area contributed by atoms with Gasteiger partial charge in [0.1, 0.15) is 6.42 Å². The van der Waals surface area contributed by atoms with Gasteiger partial charge in [0.2, 0.25) is 0 Å². The molecule has 1 heterocycles. The van der Waals surface area contributed by atoms with Crippen molar-refractivity contribution in [2.45, 2.75) is 19.3 Å². The van der Waals surface area contributed by atoms with E-state index in [-0.39, 0.29) is 24.2 Å². The van der Waals surface area contributed by atoms with Crippen molar-refractivity contribution in [3.05, 3.63) is 0 Å². The van der Waals surface area contributed by atoms with Gasteiger partial charge in [-0.2, -0.15) is 5.01 Å². The summed E-state index contributed by atoms with van der Waals surface area (Å²) in [6.07, 6.45) is 1.53. The van der Waals surface area contributed by atoms with Gasteiger partial charge >= 0.3 is 5.97 Å². The lowest BCUT2D eigenvalue weighted by molar-refractivity contribution is -0.186. The number of nitrogens with zero attached hydrogens (tertiary/aromatic N) is 1. The Bertz CT molecular complexity index is 270. The number of imide groups is 1. The monoisotopic (exact) mass is 184 g/mol. The maximum absolute atomic E-state index is 10.9. The van der Waals surface area contributed by atoms with Crippen LogP contribution in [0.4, 0.5) is 0 Å². The lowest BCUT2D eigenvalue weighted by Gasteiger charge is -2.26. The molecule has 0 bridgehead atoms. The number of β-lactam (4-membered cyclic amide) rings is 2. The van der Waals surface area contributed by atoms with Gasteiger partial charge in [0.25, 0.3) is 11.8 Å². The first kappa shape index (κ1) is 8.18. The summed E-state index contributed by atoms with van der Waals surface area (Å²) >= 11 is 0. The summed E-state index contributed by atoms with van der Waals surface area (Å²) in [5.74, 6) is -1.23. The number of hydrogen-bond donors (Lipinski definition) is 1. The predicted octanol–water partition coefficient (Wildman–Crippen LogP) is -0.882. The smallest absolute Gasteiger partial charge is 0.330 e. The molecule has 0 radical (unpaired) electrons. The first-order valence-electron chi connectivity index (χ1n) is 4.00. The van der Waals surface area contributed by atoms with Gasteiger partial charge in [-0.3, -0.25) is 9.59 Å². The summed E-state index contributed by atoms with van der Waals surface area (Å²) in [5.41, 5.74) is 2.02. The van der Waals surface area contributed by atoms with E-state index in [0.717, 1.165) is 12.8 Å². The number of carbonyl (C=O) groups excluding carboxylic acids is 3. The number of amides is 2. The molecule has 1 saturated carbocycles. The van der Waals surface area contributed by atoms with Crippen LogP contribution in [0.2, 0.25) is 0 Å². The summed E-state index contributed by atoms with van der Waals surface area (Å²) in [4.78, 5) is 36.8. The fraction of sp³-hybridized carbons (Fsp3) is 0.571. The van der Waals surface area contributed by atoms with Crippen LogP contribution in [0, 0.1) is 5.92 Å². The molecule has 0 unspecified atom stereocenters. The minimum absolute atomic E-state index is 0.0565. The van der Waals surface area contributed by atoms with E-state index < -0.39 is 5.97 Å². The zero-order chi connectivity index (χ0) is 9.42. The first-order valence-corrected chi connectivity index (χ1v) is 4.00. The van der Waals surface area contributed by atoms with E-state index in [9.17, 15) is 14.4 Å². The highest BCUT2D eigenvalue weighted by molar-refractivity contribution is 6.14. The Morgan fingerprint density at radius 3 is 2.46 bits per heavy atom. The zero-order valence-corrected chi connectivity index (χ0v) is 6.78. The van der Waals surface area contributed by atoms with Crippen molar-refractivity contribution in [2.24, 2.45) is 5.92 Å². The van der Waals surface area contributed by atoms with Crippen LogP contribution in [0.15, 0.2) is 0 Å². The lowest BCUT2D eigenvalue weighted by Crippen LogP contribution is -2.56. The van der Waals surface area contributed by atoms with Gasteiger partial charge in [0, 0.05) is 0 Å². The molecule has 2 amide bonds. The third-order valence-corrected chi connectivity index (χ3v) is 1.95. The molecular weight excluding hydrogens is 176 g/mol. The Labute approximate surface area is 73.7 Å². The summed E-state index contributed by atoms with van der Waals surface area (Å²) in [6.45, 7) is 0. The fourth-order valence-electron chi connectivity index (χ4n) is 0.930. The van der Waals surface area contributed by atoms with Gasteiger partial charge in [0.05, 0.1) is 5.92 Å². The van der Waals surface area contributed by atoms with Crippen molar-refractivity contribution in [3.63, 3.8) is 0 Å². The highest BCUT2D eigenvalue weighted by Gasteiger charge is 2.37. The molecule has 13 heavy (non-hydrogen) atoms.